The zero-order valence-corrected chi connectivity index (χ0v) is 19.2. The minimum Gasteiger partial charge on any atom is -0.493 e. The number of ketones is 1. The maximum atomic E-state index is 13.4. The maximum Gasteiger partial charge on any atom is 0.325 e. The SMILES string of the molecule is COc1cc(C(C)=O)ccc1OCCCC(=O)ON1CCC(c2noc3cc(F)ccc23)CC1. The van der Waals surface area contributed by atoms with Gasteiger partial charge in [-0.2, -0.15) is 0 Å². The molecule has 0 N–H and O–H groups in total. The number of carbonyl (C=O) groups is 2. The van der Waals surface area contributed by atoms with Gasteiger partial charge in [0, 0.05) is 36.0 Å². The van der Waals surface area contributed by atoms with Crippen LogP contribution in [0.25, 0.3) is 11.0 Å². The smallest absolute Gasteiger partial charge is 0.325 e. The Kier molecular flexibility index (Phi) is 7.42. The number of aromatic nitrogens is 1. The first kappa shape index (κ1) is 23.7. The first-order valence-electron chi connectivity index (χ1n) is 11.3. The minimum absolute atomic E-state index is 0.0543. The van der Waals surface area contributed by atoms with Crippen LogP contribution in [-0.2, 0) is 9.63 Å². The predicted octanol–water partition coefficient (Wildman–Crippen LogP) is 4.67. The Labute approximate surface area is 196 Å². The molecule has 0 saturated carbocycles. The highest BCUT2D eigenvalue weighted by atomic mass is 19.1. The van der Waals surface area contributed by atoms with Gasteiger partial charge in [0.05, 0.1) is 25.8 Å². The molecule has 8 nitrogen and oxygen atoms in total. The normalized spacial score (nSPS) is 14.8. The van der Waals surface area contributed by atoms with Crippen molar-refractivity contribution in [2.75, 3.05) is 26.8 Å². The minimum atomic E-state index is -0.354. The summed E-state index contributed by atoms with van der Waals surface area (Å²) >= 11 is 0. The van der Waals surface area contributed by atoms with E-state index in [0.29, 0.717) is 48.8 Å². The molecule has 3 aromatic rings. The molecular weight excluding hydrogens is 443 g/mol. The molecule has 1 fully saturated rings. The van der Waals surface area contributed by atoms with Crippen LogP contribution in [-0.4, -0.2) is 48.8 Å². The van der Waals surface area contributed by atoms with Crippen molar-refractivity contribution in [1.29, 1.82) is 0 Å². The number of nitrogens with zero attached hydrogens (tertiary/aromatic N) is 2. The molecule has 1 aliphatic heterocycles. The van der Waals surface area contributed by atoms with Gasteiger partial charge in [-0.05, 0) is 56.5 Å². The third kappa shape index (κ3) is 5.53. The third-order valence-corrected chi connectivity index (χ3v) is 5.89. The molecule has 1 aromatic heterocycles. The second-order valence-electron chi connectivity index (χ2n) is 8.25. The summed E-state index contributed by atoms with van der Waals surface area (Å²) in [5.41, 5.74) is 1.81. The lowest BCUT2D eigenvalue weighted by atomic mass is 9.92. The van der Waals surface area contributed by atoms with E-state index in [1.807, 2.05) is 0 Å². The Hall–Kier alpha value is -3.46. The fourth-order valence-electron chi connectivity index (χ4n) is 4.04. The number of fused-ring (bicyclic) bond motifs is 1. The van der Waals surface area contributed by atoms with Crippen molar-refractivity contribution in [1.82, 2.24) is 10.2 Å². The largest absolute Gasteiger partial charge is 0.493 e. The van der Waals surface area contributed by atoms with Gasteiger partial charge >= 0.3 is 5.97 Å². The summed E-state index contributed by atoms with van der Waals surface area (Å²) in [6.45, 7) is 2.97. The van der Waals surface area contributed by atoms with Crippen molar-refractivity contribution in [3.8, 4) is 11.5 Å². The molecule has 0 spiro atoms. The van der Waals surface area contributed by atoms with Gasteiger partial charge < -0.3 is 18.8 Å². The molecule has 0 unspecified atom stereocenters. The quantitative estimate of drug-likeness (QED) is 0.329. The Morgan fingerprint density at radius 1 is 1.15 bits per heavy atom. The highest BCUT2D eigenvalue weighted by molar-refractivity contribution is 5.94. The van der Waals surface area contributed by atoms with Crippen LogP contribution in [0.3, 0.4) is 0 Å². The molecular formula is C25H27FN2O6. The van der Waals surface area contributed by atoms with Crippen LogP contribution < -0.4 is 9.47 Å². The number of benzene rings is 2. The van der Waals surface area contributed by atoms with Crippen molar-refractivity contribution >= 4 is 22.7 Å². The first-order valence-corrected chi connectivity index (χ1v) is 11.3. The Bertz CT molecular complexity index is 1170. The van der Waals surface area contributed by atoms with Crippen molar-refractivity contribution in [3.05, 3.63) is 53.5 Å². The predicted molar refractivity (Wildman–Crippen MR) is 121 cm³/mol. The average molecular weight is 470 g/mol. The number of piperidine rings is 1. The van der Waals surface area contributed by atoms with Gasteiger partial charge in [-0.25, -0.2) is 4.39 Å². The fraction of sp³-hybridized carbons (Fsp3) is 0.400. The zero-order valence-electron chi connectivity index (χ0n) is 19.2. The molecule has 1 aliphatic rings. The van der Waals surface area contributed by atoms with E-state index < -0.39 is 0 Å². The van der Waals surface area contributed by atoms with Gasteiger partial charge in [0.1, 0.15) is 5.82 Å². The standard InChI is InChI=1S/C25H27FN2O6/c1-16(29)18-5-8-21(23(14-18)31-2)32-13-3-4-24(30)34-28-11-9-17(10-12-28)25-20-7-6-19(26)15-22(20)33-27-25/h5-8,14-15,17H,3-4,9-13H2,1-2H3. The van der Waals surface area contributed by atoms with Crippen LogP contribution in [0.1, 0.15) is 54.6 Å². The van der Waals surface area contributed by atoms with E-state index >= 15 is 0 Å². The number of methoxy groups -OCH3 is 1. The summed E-state index contributed by atoms with van der Waals surface area (Å²) in [7, 11) is 1.51. The van der Waals surface area contributed by atoms with Gasteiger partial charge in [-0.15, -0.1) is 5.06 Å². The molecule has 9 heteroatoms. The highest BCUT2D eigenvalue weighted by Gasteiger charge is 2.27. The molecule has 0 atom stereocenters. The molecule has 2 aromatic carbocycles. The Morgan fingerprint density at radius 2 is 1.94 bits per heavy atom. The Morgan fingerprint density at radius 3 is 2.68 bits per heavy atom. The Balaban J connectivity index is 1.19. The van der Waals surface area contributed by atoms with E-state index in [-0.39, 0.29) is 29.9 Å². The van der Waals surface area contributed by atoms with Gasteiger partial charge in [-0.1, -0.05) is 5.16 Å². The van der Waals surface area contributed by atoms with E-state index in [1.165, 1.54) is 26.2 Å². The second-order valence-corrected chi connectivity index (χ2v) is 8.25. The van der Waals surface area contributed by atoms with Crippen LogP contribution in [0.4, 0.5) is 4.39 Å². The fourth-order valence-corrected chi connectivity index (χ4v) is 4.04. The van der Waals surface area contributed by atoms with E-state index in [2.05, 4.69) is 5.16 Å². The lowest BCUT2D eigenvalue weighted by molar-refractivity contribution is -0.195. The molecule has 180 valence electrons. The number of rotatable bonds is 9. The highest BCUT2D eigenvalue weighted by Crippen LogP contribution is 2.33. The van der Waals surface area contributed by atoms with Crippen molar-refractivity contribution in [2.45, 2.75) is 38.5 Å². The molecule has 0 amide bonds. The summed E-state index contributed by atoms with van der Waals surface area (Å²) < 4.78 is 29.6. The van der Waals surface area contributed by atoms with Crippen molar-refractivity contribution < 1.29 is 32.8 Å². The van der Waals surface area contributed by atoms with E-state index in [0.717, 1.165) is 23.9 Å². The number of hydrogen-bond acceptors (Lipinski definition) is 8. The molecule has 1 saturated heterocycles. The number of Topliss-reactive ketones (excluding diaryl/α,β-unsaturated/α-hetero) is 1. The number of hydroxylamine groups is 2. The topological polar surface area (TPSA) is 91.1 Å². The molecule has 34 heavy (non-hydrogen) atoms. The van der Waals surface area contributed by atoms with Crippen LogP contribution in [0.15, 0.2) is 40.9 Å². The molecule has 0 aliphatic carbocycles. The molecule has 2 heterocycles. The second kappa shape index (κ2) is 10.6. The van der Waals surface area contributed by atoms with E-state index in [4.69, 9.17) is 18.8 Å². The van der Waals surface area contributed by atoms with Crippen LogP contribution in [0, 0.1) is 5.82 Å². The van der Waals surface area contributed by atoms with Gasteiger partial charge in [0.25, 0.3) is 0 Å². The molecule has 4 rings (SSSR count). The van der Waals surface area contributed by atoms with Gasteiger partial charge in [-0.3, -0.25) is 9.59 Å². The summed E-state index contributed by atoms with van der Waals surface area (Å²) in [5, 5.41) is 6.63. The third-order valence-electron chi connectivity index (χ3n) is 5.89. The van der Waals surface area contributed by atoms with E-state index in [9.17, 15) is 14.0 Å². The summed E-state index contributed by atoms with van der Waals surface area (Å²) in [4.78, 5) is 29.2. The lowest BCUT2D eigenvalue weighted by Crippen LogP contribution is -2.35. The summed E-state index contributed by atoms with van der Waals surface area (Å²) in [6.07, 6.45) is 2.21. The van der Waals surface area contributed by atoms with Gasteiger partial charge in [0.15, 0.2) is 22.9 Å². The van der Waals surface area contributed by atoms with Crippen molar-refractivity contribution in [3.63, 3.8) is 0 Å². The summed E-state index contributed by atoms with van der Waals surface area (Å²) in [5.74, 6) is 0.436. The van der Waals surface area contributed by atoms with Gasteiger partial charge in [0.2, 0.25) is 0 Å². The number of carbonyl (C=O) groups excluding carboxylic acids is 2. The van der Waals surface area contributed by atoms with E-state index in [1.54, 1.807) is 29.3 Å². The number of halogens is 1. The summed E-state index contributed by atoms with van der Waals surface area (Å²) in [6, 6.07) is 9.43. The molecule has 0 bridgehead atoms. The number of ether oxygens (including phenoxy) is 2. The monoisotopic (exact) mass is 470 g/mol. The van der Waals surface area contributed by atoms with Crippen molar-refractivity contribution in [2.24, 2.45) is 0 Å². The lowest BCUT2D eigenvalue weighted by Gasteiger charge is -2.29. The first-order chi connectivity index (χ1) is 16.4. The number of hydrogen-bond donors (Lipinski definition) is 0. The molecule has 0 radical (unpaired) electrons. The maximum absolute atomic E-state index is 13.4. The van der Waals surface area contributed by atoms with Crippen LogP contribution in [0.2, 0.25) is 0 Å². The average Bonchev–Trinajstić information content (AvgIpc) is 3.25. The van der Waals surface area contributed by atoms with Crippen LogP contribution in [0.5, 0.6) is 11.5 Å². The zero-order chi connectivity index (χ0) is 24.1. The van der Waals surface area contributed by atoms with Crippen LogP contribution >= 0.6 is 0 Å².